The van der Waals surface area contributed by atoms with Crippen LogP contribution in [0.4, 0.5) is 10.1 Å². The monoisotopic (exact) mass is 300 g/mol. The molecule has 1 atom stereocenters. The highest BCUT2D eigenvalue weighted by Gasteiger charge is 2.21. The smallest absolute Gasteiger partial charge is 0.228 e. The molecule has 1 aliphatic rings. The number of hydrogen-bond donors (Lipinski definition) is 2. The molecule has 92 valence electrons. The maximum Gasteiger partial charge on any atom is 0.228 e. The van der Waals surface area contributed by atoms with Gasteiger partial charge in [-0.2, -0.15) is 0 Å². The molecule has 1 aromatic rings. The fraction of sp³-hybridized carbons (Fsp3) is 0.417. The van der Waals surface area contributed by atoms with Crippen LogP contribution in [0.25, 0.3) is 0 Å². The van der Waals surface area contributed by atoms with Crippen molar-refractivity contribution in [3.05, 3.63) is 28.5 Å². The Labute approximate surface area is 108 Å². The maximum atomic E-state index is 12.9. The van der Waals surface area contributed by atoms with Crippen LogP contribution in [0.3, 0.4) is 0 Å². The lowest BCUT2D eigenvalue weighted by Crippen LogP contribution is -2.37. The lowest BCUT2D eigenvalue weighted by molar-refractivity contribution is -0.120. The van der Waals surface area contributed by atoms with Crippen molar-refractivity contribution >= 4 is 27.5 Å². The van der Waals surface area contributed by atoms with E-state index in [1.165, 1.54) is 12.1 Å². The molecule has 1 heterocycles. The quantitative estimate of drug-likeness (QED) is 0.881. The van der Waals surface area contributed by atoms with Gasteiger partial charge in [0.1, 0.15) is 5.82 Å². The van der Waals surface area contributed by atoms with Gasteiger partial charge in [-0.1, -0.05) is 0 Å². The number of anilines is 1. The Hall–Kier alpha value is -0.940. The molecule has 2 rings (SSSR count). The van der Waals surface area contributed by atoms with E-state index < -0.39 is 0 Å². The molecule has 0 spiro atoms. The van der Waals surface area contributed by atoms with Crippen LogP contribution in [0, 0.1) is 11.7 Å². The zero-order valence-corrected chi connectivity index (χ0v) is 10.9. The van der Waals surface area contributed by atoms with Gasteiger partial charge < -0.3 is 10.6 Å². The molecule has 0 bridgehead atoms. The summed E-state index contributed by atoms with van der Waals surface area (Å²) < 4.78 is 13.5. The van der Waals surface area contributed by atoms with Crippen molar-refractivity contribution in [3.63, 3.8) is 0 Å². The number of piperidine rings is 1. The Balaban J connectivity index is 2.02. The number of carbonyl (C=O) groups is 1. The minimum atomic E-state index is -0.325. The molecule has 1 aliphatic heterocycles. The van der Waals surface area contributed by atoms with Crippen LogP contribution in [0.2, 0.25) is 0 Å². The molecule has 1 saturated heterocycles. The second-order valence-corrected chi connectivity index (χ2v) is 5.01. The van der Waals surface area contributed by atoms with E-state index in [-0.39, 0.29) is 17.6 Å². The van der Waals surface area contributed by atoms with Gasteiger partial charge in [-0.15, -0.1) is 0 Å². The standard InChI is InChI=1S/C12H14BrFN2O/c13-10-6-9(14)3-4-11(10)16-12(17)8-2-1-5-15-7-8/h3-4,6,8,15H,1-2,5,7H2,(H,16,17)/t8-/m0/s1. The highest BCUT2D eigenvalue weighted by molar-refractivity contribution is 9.10. The van der Waals surface area contributed by atoms with Crippen molar-refractivity contribution in [1.29, 1.82) is 0 Å². The molecule has 3 nitrogen and oxygen atoms in total. The number of benzene rings is 1. The van der Waals surface area contributed by atoms with Gasteiger partial charge in [0, 0.05) is 11.0 Å². The Morgan fingerprint density at radius 3 is 3.00 bits per heavy atom. The van der Waals surface area contributed by atoms with Crippen LogP contribution in [-0.2, 0) is 4.79 Å². The number of amides is 1. The number of rotatable bonds is 2. The van der Waals surface area contributed by atoms with Crippen LogP contribution < -0.4 is 10.6 Å². The molecule has 0 saturated carbocycles. The zero-order valence-electron chi connectivity index (χ0n) is 9.30. The normalized spacial score (nSPS) is 20.0. The fourth-order valence-electron chi connectivity index (χ4n) is 1.90. The van der Waals surface area contributed by atoms with Crippen molar-refractivity contribution < 1.29 is 9.18 Å². The molecule has 2 N–H and O–H groups in total. The van der Waals surface area contributed by atoms with Crippen LogP contribution in [-0.4, -0.2) is 19.0 Å². The Bertz CT molecular complexity index is 419. The van der Waals surface area contributed by atoms with Crippen molar-refractivity contribution in [1.82, 2.24) is 5.32 Å². The van der Waals surface area contributed by atoms with E-state index in [1.54, 1.807) is 6.07 Å². The summed E-state index contributed by atoms with van der Waals surface area (Å²) in [5.74, 6) is -0.334. The van der Waals surface area contributed by atoms with Gasteiger partial charge in [0.05, 0.1) is 11.6 Å². The number of halogens is 2. The fourth-order valence-corrected chi connectivity index (χ4v) is 2.35. The van der Waals surface area contributed by atoms with Gasteiger partial charge in [-0.3, -0.25) is 4.79 Å². The molecular weight excluding hydrogens is 287 g/mol. The Kier molecular flexibility index (Phi) is 4.12. The van der Waals surface area contributed by atoms with E-state index in [1.807, 2.05) is 0 Å². The lowest BCUT2D eigenvalue weighted by Gasteiger charge is -2.22. The van der Waals surface area contributed by atoms with Gasteiger partial charge in [0.25, 0.3) is 0 Å². The third-order valence-electron chi connectivity index (χ3n) is 2.86. The zero-order chi connectivity index (χ0) is 12.3. The molecule has 5 heteroatoms. The third kappa shape index (κ3) is 3.26. The van der Waals surface area contributed by atoms with E-state index in [0.717, 1.165) is 19.4 Å². The van der Waals surface area contributed by atoms with E-state index in [4.69, 9.17) is 0 Å². The average molecular weight is 301 g/mol. The highest BCUT2D eigenvalue weighted by atomic mass is 79.9. The van der Waals surface area contributed by atoms with E-state index in [2.05, 4.69) is 26.6 Å². The SMILES string of the molecule is O=C(Nc1ccc(F)cc1Br)[C@H]1CCCNC1. The molecule has 0 aliphatic carbocycles. The van der Waals surface area contributed by atoms with E-state index in [0.29, 0.717) is 16.7 Å². The molecule has 1 amide bonds. The summed E-state index contributed by atoms with van der Waals surface area (Å²) in [6.07, 6.45) is 1.92. The number of nitrogens with one attached hydrogen (secondary N) is 2. The van der Waals surface area contributed by atoms with E-state index in [9.17, 15) is 9.18 Å². The van der Waals surface area contributed by atoms with Crippen molar-refractivity contribution in [2.75, 3.05) is 18.4 Å². The van der Waals surface area contributed by atoms with Crippen molar-refractivity contribution in [2.24, 2.45) is 5.92 Å². The topological polar surface area (TPSA) is 41.1 Å². The van der Waals surface area contributed by atoms with Crippen molar-refractivity contribution in [2.45, 2.75) is 12.8 Å². The molecule has 17 heavy (non-hydrogen) atoms. The van der Waals surface area contributed by atoms with Gasteiger partial charge in [0.2, 0.25) is 5.91 Å². The number of carbonyl (C=O) groups excluding carboxylic acids is 1. The maximum absolute atomic E-state index is 12.9. The minimum Gasteiger partial charge on any atom is -0.325 e. The summed E-state index contributed by atoms with van der Waals surface area (Å²) in [4.78, 5) is 11.9. The first-order valence-electron chi connectivity index (χ1n) is 5.63. The summed E-state index contributed by atoms with van der Waals surface area (Å²) in [6, 6.07) is 4.24. The number of hydrogen-bond acceptors (Lipinski definition) is 2. The van der Waals surface area contributed by atoms with Crippen LogP contribution >= 0.6 is 15.9 Å². The lowest BCUT2D eigenvalue weighted by atomic mass is 9.99. The van der Waals surface area contributed by atoms with Gasteiger partial charge in [-0.05, 0) is 53.5 Å². The van der Waals surface area contributed by atoms with Crippen LogP contribution in [0.5, 0.6) is 0 Å². The molecule has 1 fully saturated rings. The summed E-state index contributed by atoms with van der Waals surface area (Å²) in [6.45, 7) is 1.69. The van der Waals surface area contributed by atoms with Gasteiger partial charge in [-0.25, -0.2) is 4.39 Å². The molecule has 0 aromatic heterocycles. The predicted octanol–water partition coefficient (Wildman–Crippen LogP) is 2.53. The predicted molar refractivity (Wildman–Crippen MR) is 68.3 cm³/mol. The van der Waals surface area contributed by atoms with Gasteiger partial charge in [0.15, 0.2) is 0 Å². The summed E-state index contributed by atoms with van der Waals surface area (Å²) in [7, 11) is 0. The largest absolute Gasteiger partial charge is 0.325 e. The Morgan fingerprint density at radius 2 is 2.35 bits per heavy atom. The van der Waals surface area contributed by atoms with Gasteiger partial charge >= 0.3 is 0 Å². The van der Waals surface area contributed by atoms with Crippen molar-refractivity contribution in [3.8, 4) is 0 Å². The molecule has 1 aromatic carbocycles. The first kappa shape index (κ1) is 12.5. The molecule has 0 radical (unpaired) electrons. The van der Waals surface area contributed by atoms with E-state index >= 15 is 0 Å². The first-order chi connectivity index (χ1) is 8.16. The highest BCUT2D eigenvalue weighted by Crippen LogP contribution is 2.24. The van der Waals surface area contributed by atoms with Crippen LogP contribution in [0.15, 0.2) is 22.7 Å². The minimum absolute atomic E-state index is 0.000651. The summed E-state index contributed by atoms with van der Waals surface area (Å²) in [5.41, 5.74) is 0.613. The average Bonchev–Trinajstić information content (AvgIpc) is 2.34. The second-order valence-electron chi connectivity index (χ2n) is 4.16. The molecular formula is C12H14BrFN2O. The molecule has 0 unspecified atom stereocenters. The Morgan fingerprint density at radius 1 is 1.53 bits per heavy atom. The first-order valence-corrected chi connectivity index (χ1v) is 6.43. The summed E-state index contributed by atoms with van der Waals surface area (Å²) >= 11 is 3.23. The summed E-state index contributed by atoms with van der Waals surface area (Å²) in [5, 5.41) is 6.01. The second kappa shape index (κ2) is 5.60. The van der Waals surface area contributed by atoms with Crippen LogP contribution in [0.1, 0.15) is 12.8 Å². The third-order valence-corrected chi connectivity index (χ3v) is 3.51.